The lowest BCUT2D eigenvalue weighted by Gasteiger charge is -2.04. The highest BCUT2D eigenvalue weighted by Gasteiger charge is 2.24. The van der Waals surface area contributed by atoms with E-state index in [-0.39, 0.29) is 22.1 Å². The minimum absolute atomic E-state index is 0.0911. The fraction of sp³-hybridized carbons (Fsp3) is 0.250. The molecule has 1 heterocycles. The van der Waals surface area contributed by atoms with E-state index in [9.17, 15) is 13.2 Å². The fourth-order valence-corrected chi connectivity index (χ4v) is 3.63. The molecule has 0 atom stereocenters. The van der Waals surface area contributed by atoms with E-state index >= 15 is 0 Å². The lowest BCUT2D eigenvalue weighted by Crippen LogP contribution is -2.10. The molecule has 0 spiro atoms. The summed E-state index contributed by atoms with van der Waals surface area (Å²) in [6.45, 7) is 1.86. The third-order valence-electron chi connectivity index (χ3n) is 2.52. The predicted molar refractivity (Wildman–Crippen MR) is 78.2 cm³/mol. The van der Waals surface area contributed by atoms with Crippen LogP contribution in [0.25, 0.3) is 0 Å². The third-order valence-corrected chi connectivity index (χ3v) is 5.16. The lowest BCUT2D eigenvalue weighted by atomic mass is 10.4. The van der Waals surface area contributed by atoms with Crippen molar-refractivity contribution in [1.29, 1.82) is 0 Å². The van der Waals surface area contributed by atoms with E-state index in [1.807, 2.05) is 0 Å². The molecular weight excluding hydrogens is 336 g/mol. The molecule has 0 radical (unpaired) electrons. The zero-order valence-electron chi connectivity index (χ0n) is 10.9. The van der Waals surface area contributed by atoms with Crippen LogP contribution in [0.15, 0.2) is 29.2 Å². The van der Waals surface area contributed by atoms with Gasteiger partial charge in [-0.05, 0) is 42.7 Å². The Morgan fingerprint density at radius 3 is 2.62 bits per heavy atom. The maximum Gasteiger partial charge on any atom is 0.351 e. The molecule has 112 valence electrons. The van der Waals surface area contributed by atoms with Crippen LogP contribution in [0.1, 0.15) is 22.3 Å². The van der Waals surface area contributed by atoms with Crippen LogP contribution in [-0.2, 0) is 20.3 Å². The summed E-state index contributed by atoms with van der Waals surface area (Å²) in [4.78, 5) is 11.9. The molecule has 0 N–H and O–H groups in total. The average molecular weight is 347 g/mol. The number of ether oxygens (including phenoxy) is 1. The lowest BCUT2D eigenvalue weighted by molar-refractivity contribution is 0.0531. The number of carbonyl (C=O) groups is 1. The molecule has 0 aliphatic heterocycles. The van der Waals surface area contributed by atoms with Gasteiger partial charge in [0.25, 0.3) is 0 Å². The van der Waals surface area contributed by atoms with Crippen LogP contribution in [0, 0.1) is 0 Å². The van der Waals surface area contributed by atoms with Crippen LogP contribution in [0.5, 0.6) is 0 Å². The number of nitrogens with zero attached hydrogens (tertiary/aromatic N) is 2. The summed E-state index contributed by atoms with van der Waals surface area (Å²) in [6, 6.07) is 5.78. The molecule has 0 bridgehead atoms. The second-order valence-corrected chi connectivity index (χ2v) is 7.16. The molecular formula is C12H11ClN2O4S2. The Balaban J connectivity index is 2.27. The number of carbonyl (C=O) groups excluding carboxylic acids is 1. The Morgan fingerprint density at radius 1 is 1.33 bits per heavy atom. The van der Waals surface area contributed by atoms with E-state index in [1.165, 1.54) is 24.3 Å². The molecule has 0 unspecified atom stereocenters. The number of halogens is 1. The van der Waals surface area contributed by atoms with Crippen LogP contribution in [0.2, 0.25) is 5.02 Å². The average Bonchev–Trinajstić information content (AvgIpc) is 2.87. The molecule has 0 saturated carbocycles. The van der Waals surface area contributed by atoms with Gasteiger partial charge >= 0.3 is 5.97 Å². The zero-order chi connectivity index (χ0) is 15.5. The Labute approximate surface area is 130 Å². The van der Waals surface area contributed by atoms with Crippen molar-refractivity contribution in [3.05, 3.63) is 39.9 Å². The maximum absolute atomic E-state index is 12.3. The molecule has 0 amide bonds. The SMILES string of the molecule is CCOC(=O)c1snnc1CS(=O)(=O)c1ccc(Cl)cc1. The standard InChI is InChI=1S/C12H11ClN2O4S2/c1-2-19-12(16)11-10(14-15-20-11)7-21(17,18)9-5-3-8(13)4-6-9/h3-6H,2,7H2,1H3. The van der Waals surface area contributed by atoms with E-state index in [1.54, 1.807) is 6.92 Å². The Bertz CT molecular complexity index is 741. The number of rotatable bonds is 5. The molecule has 0 saturated heterocycles. The molecule has 0 aliphatic carbocycles. The molecule has 21 heavy (non-hydrogen) atoms. The van der Waals surface area contributed by atoms with Crippen molar-refractivity contribution in [2.45, 2.75) is 17.6 Å². The number of hydrogen-bond acceptors (Lipinski definition) is 7. The fourth-order valence-electron chi connectivity index (χ4n) is 1.56. The monoisotopic (exact) mass is 346 g/mol. The van der Waals surface area contributed by atoms with Gasteiger partial charge in [0, 0.05) is 5.02 Å². The van der Waals surface area contributed by atoms with E-state index < -0.39 is 21.6 Å². The van der Waals surface area contributed by atoms with Gasteiger partial charge in [0.15, 0.2) is 14.7 Å². The summed E-state index contributed by atoms with van der Waals surface area (Å²) in [5.74, 6) is -1.03. The molecule has 0 fully saturated rings. The van der Waals surface area contributed by atoms with Crippen molar-refractivity contribution in [3.63, 3.8) is 0 Å². The summed E-state index contributed by atoms with van der Waals surface area (Å²) in [7, 11) is -3.63. The first-order valence-electron chi connectivity index (χ1n) is 5.90. The first-order chi connectivity index (χ1) is 9.94. The van der Waals surface area contributed by atoms with Gasteiger partial charge in [-0.2, -0.15) is 0 Å². The Morgan fingerprint density at radius 2 is 2.00 bits per heavy atom. The smallest absolute Gasteiger partial charge is 0.351 e. The van der Waals surface area contributed by atoms with E-state index in [4.69, 9.17) is 16.3 Å². The van der Waals surface area contributed by atoms with Crippen molar-refractivity contribution in [1.82, 2.24) is 9.59 Å². The second-order valence-electron chi connectivity index (χ2n) is 3.98. The quantitative estimate of drug-likeness (QED) is 0.772. The van der Waals surface area contributed by atoms with Crippen LogP contribution in [0.3, 0.4) is 0 Å². The Hall–Kier alpha value is -1.51. The molecule has 6 nitrogen and oxygen atoms in total. The third kappa shape index (κ3) is 3.78. The largest absolute Gasteiger partial charge is 0.462 e. The number of hydrogen-bond donors (Lipinski definition) is 0. The molecule has 1 aromatic carbocycles. The topological polar surface area (TPSA) is 86.2 Å². The molecule has 0 aliphatic rings. The van der Waals surface area contributed by atoms with Crippen molar-refractivity contribution in [3.8, 4) is 0 Å². The van der Waals surface area contributed by atoms with Gasteiger partial charge in [0.2, 0.25) is 0 Å². The molecule has 1 aromatic heterocycles. The van der Waals surface area contributed by atoms with Crippen LogP contribution >= 0.6 is 23.1 Å². The zero-order valence-corrected chi connectivity index (χ0v) is 13.3. The van der Waals surface area contributed by atoms with Gasteiger partial charge < -0.3 is 4.74 Å². The van der Waals surface area contributed by atoms with E-state index in [2.05, 4.69) is 9.59 Å². The first kappa shape index (κ1) is 15.9. The summed E-state index contributed by atoms with van der Waals surface area (Å²) in [5.41, 5.74) is 0.0911. The van der Waals surface area contributed by atoms with Gasteiger partial charge in [-0.15, -0.1) is 5.10 Å². The van der Waals surface area contributed by atoms with Crippen LogP contribution in [-0.4, -0.2) is 30.6 Å². The normalized spacial score (nSPS) is 11.3. The first-order valence-corrected chi connectivity index (χ1v) is 8.71. The molecule has 9 heteroatoms. The van der Waals surface area contributed by atoms with Crippen molar-refractivity contribution in [2.24, 2.45) is 0 Å². The second kappa shape index (κ2) is 6.50. The summed E-state index contributed by atoms with van der Waals surface area (Å²) in [6.07, 6.45) is 0. The van der Waals surface area contributed by atoms with E-state index in [0.29, 0.717) is 5.02 Å². The van der Waals surface area contributed by atoms with Gasteiger partial charge in [0.05, 0.1) is 11.5 Å². The maximum atomic E-state index is 12.3. The van der Waals surface area contributed by atoms with Crippen LogP contribution in [0.4, 0.5) is 0 Å². The summed E-state index contributed by atoms with van der Waals surface area (Å²) in [5, 5.41) is 4.15. The van der Waals surface area contributed by atoms with Crippen molar-refractivity contribution in [2.75, 3.05) is 6.61 Å². The summed E-state index contributed by atoms with van der Waals surface area (Å²) < 4.78 is 33.0. The van der Waals surface area contributed by atoms with E-state index in [0.717, 1.165) is 11.5 Å². The number of benzene rings is 1. The minimum Gasteiger partial charge on any atom is -0.462 e. The number of esters is 1. The number of sulfone groups is 1. The van der Waals surface area contributed by atoms with Gasteiger partial charge in [-0.25, -0.2) is 13.2 Å². The van der Waals surface area contributed by atoms with Crippen LogP contribution < -0.4 is 0 Å². The highest BCUT2D eigenvalue weighted by molar-refractivity contribution is 7.90. The molecule has 2 aromatic rings. The Kier molecular flexibility index (Phi) is 4.92. The summed E-state index contributed by atoms with van der Waals surface area (Å²) >= 11 is 6.54. The number of aromatic nitrogens is 2. The van der Waals surface area contributed by atoms with Gasteiger partial charge in [-0.3, -0.25) is 0 Å². The van der Waals surface area contributed by atoms with Gasteiger partial charge in [0.1, 0.15) is 11.4 Å². The molecule has 2 rings (SSSR count). The highest BCUT2D eigenvalue weighted by Crippen LogP contribution is 2.21. The predicted octanol–water partition coefficient (Wildman–Crippen LogP) is 2.34. The van der Waals surface area contributed by atoms with Crippen molar-refractivity contribution < 1.29 is 17.9 Å². The highest BCUT2D eigenvalue weighted by atomic mass is 35.5. The minimum atomic E-state index is -3.63. The van der Waals surface area contributed by atoms with Gasteiger partial charge in [-0.1, -0.05) is 16.1 Å². The van der Waals surface area contributed by atoms with Crippen molar-refractivity contribution >= 4 is 38.9 Å².